The van der Waals surface area contributed by atoms with Gasteiger partial charge in [0.15, 0.2) is 0 Å². The van der Waals surface area contributed by atoms with E-state index in [-0.39, 0.29) is 6.61 Å². The molecule has 0 saturated heterocycles. The average Bonchev–Trinajstić information content (AvgIpc) is 3.18. The van der Waals surface area contributed by atoms with Crippen LogP contribution < -0.4 is 10.1 Å². The monoisotopic (exact) mass is 235 g/mol. The van der Waals surface area contributed by atoms with Crippen molar-refractivity contribution in [2.24, 2.45) is 5.92 Å². The van der Waals surface area contributed by atoms with E-state index in [4.69, 9.17) is 9.84 Å². The Bertz CT molecular complexity index is 333. The van der Waals surface area contributed by atoms with E-state index in [9.17, 15) is 0 Å². The van der Waals surface area contributed by atoms with Crippen LogP contribution in [0.25, 0.3) is 0 Å². The molecule has 2 N–H and O–H groups in total. The molecule has 0 spiro atoms. The molecule has 0 bridgehead atoms. The second-order valence-corrected chi connectivity index (χ2v) is 4.90. The maximum atomic E-state index is 8.93. The van der Waals surface area contributed by atoms with Crippen molar-refractivity contribution in [3.63, 3.8) is 0 Å². The zero-order chi connectivity index (χ0) is 12.1. The highest BCUT2D eigenvalue weighted by Gasteiger charge is 2.20. The SMILES string of the molecule is CC(CNC1CC1)COc1ccc(CO)cc1. The molecule has 2 rings (SSSR count). The van der Waals surface area contributed by atoms with Crippen LogP contribution in [0.3, 0.4) is 0 Å². The minimum Gasteiger partial charge on any atom is -0.493 e. The van der Waals surface area contributed by atoms with Crippen molar-refractivity contribution in [1.82, 2.24) is 5.32 Å². The summed E-state index contributed by atoms with van der Waals surface area (Å²) >= 11 is 0. The quantitative estimate of drug-likeness (QED) is 0.759. The van der Waals surface area contributed by atoms with Crippen LogP contribution >= 0.6 is 0 Å². The molecule has 1 fully saturated rings. The van der Waals surface area contributed by atoms with Crippen LogP contribution in [0.15, 0.2) is 24.3 Å². The summed E-state index contributed by atoms with van der Waals surface area (Å²) in [5.41, 5.74) is 0.917. The maximum Gasteiger partial charge on any atom is 0.119 e. The van der Waals surface area contributed by atoms with E-state index < -0.39 is 0 Å². The van der Waals surface area contributed by atoms with Crippen molar-refractivity contribution in [1.29, 1.82) is 0 Å². The van der Waals surface area contributed by atoms with E-state index in [0.29, 0.717) is 5.92 Å². The lowest BCUT2D eigenvalue weighted by atomic mass is 10.2. The lowest BCUT2D eigenvalue weighted by Crippen LogP contribution is -2.26. The number of nitrogens with one attached hydrogen (secondary N) is 1. The van der Waals surface area contributed by atoms with Crippen molar-refractivity contribution in [3.8, 4) is 5.75 Å². The molecule has 94 valence electrons. The van der Waals surface area contributed by atoms with Gasteiger partial charge >= 0.3 is 0 Å². The number of rotatable bonds is 7. The molecule has 0 heterocycles. The maximum absolute atomic E-state index is 8.93. The van der Waals surface area contributed by atoms with Gasteiger partial charge in [0, 0.05) is 18.5 Å². The predicted octanol–water partition coefficient (Wildman–Crippen LogP) is 1.95. The first kappa shape index (κ1) is 12.4. The first-order valence-electron chi connectivity index (χ1n) is 6.34. The molecule has 0 aliphatic heterocycles. The van der Waals surface area contributed by atoms with E-state index in [2.05, 4.69) is 12.2 Å². The molecule has 17 heavy (non-hydrogen) atoms. The van der Waals surface area contributed by atoms with Crippen molar-refractivity contribution in [2.45, 2.75) is 32.4 Å². The standard InChI is InChI=1S/C14H21NO2/c1-11(8-15-13-4-5-13)10-17-14-6-2-12(9-16)3-7-14/h2-3,6-7,11,13,15-16H,4-5,8-10H2,1H3. The summed E-state index contributed by atoms with van der Waals surface area (Å²) in [6.07, 6.45) is 2.66. The van der Waals surface area contributed by atoms with Gasteiger partial charge in [0.25, 0.3) is 0 Å². The zero-order valence-electron chi connectivity index (χ0n) is 10.4. The highest BCUT2D eigenvalue weighted by Crippen LogP contribution is 2.19. The minimum absolute atomic E-state index is 0.0853. The van der Waals surface area contributed by atoms with Crippen LogP contribution in [0, 0.1) is 5.92 Å². The van der Waals surface area contributed by atoms with Crippen LogP contribution in [0.5, 0.6) is 5.75 Å². The number of aliphatic hydroxyl groups excluding tert-OH is 1. The Balaban J connectivity index is 1.68. The average molecular weight is 235 g/mol. The lowest BCUT2D eigenvalue weighted by molar-refractivity contribution is 0.254. The predicted molar refractivity (Wildman–Crippen MR) is 68.0 cm³/mol. The molecule has 1 aromatic carbocycles. The number of ether oxygens (including phenoxy) is 1. The smallest absolute Gasteiger partial charge is 0.119 e. The van der Waals surface area contributed by atoms with Gasteiger partial charge in [-0.1, -0.05) is 19.1 Å². The molecule has 3 nitrogen and oxygen atoms in total. The summed E-state index contributed by atoms with van der Waals surface area (Å²) in [5, 5.41) is 12.4. The first-order valence-corrected chi connectivity index (χ1v) is 6.34. The minimum atomic E-state index is 0.0853. The number of aliphatic hydroxyl groups is 1. The molecular weight excluding hydrogens is 214 g/mol. The summed E-state index contributed by atoms with van der Waals surface area (Å²) in [5.74, 6) is 1.40. The van der Waals surface area contributed by atoms with E-state index in [1.807, 2.05) is 24.3 Å². The van der Waals surface area contributed by atoms with E-state index >= 15 is 0 Å². The summed E-state index contributed by atoms with van der Waals surface area (Å²) in [6.45, 7) is 4.04. The van der Waals surface area contributed by atoms with Gasteiger partial charge < -0.3 is 15.2 Å². The summed E-state index contributed by atoms with van der Waals surface area (Å²) < 4.78 is 5.70. The van der Waals surface area contributed by atoms with Crippen LogP contribution in [0.4, 0.5) is 0 Å². The van der Waals surface area contributed by atoms with E-state index in [1.165, 1.54) is 12.8 Å². The second kappa shape index (κ2) is 6.03. The number of benzene rings is 1. The Hall–Kier alpha value is -1.06. The van der Waals surface area contributed by atoms with Crippen molar-refractivity contribution in [2.75, 3.05) is 13.2 Å². The fraction of sp³-hybridized carbons (Fsp3) is 0.571. The Labute approximate surface area is 103 Å². The third kappa shape index (κ3) is 4.36. The van der Waals surface area contributed by atoms with Crippen LogP contribution in [0.2, 0.25) is 0 Å². The van der Waals surface area contributed by atoms with Gasteiger partial charge in [0.2, 0.25) is 0 Å². The molecule has 3 heteroatoms. The Morgan fingerprint density at radius 2 is 2.06 bits per heavy atom. The third-order valence-corrected chi connectivity index (χ3v) is 2.97. The van der Waals surface area contributed by atoms with Crippen LogP contribution in [-0.2, 0) is 6.61 Å². The fourth-order valence-electron chi connectivity index (χ4n) is 1.64. The molecule has 1 aliphatic rings. The normalized spacial score (nSPS) is 16.8. The largest absolute Gasteiger partial charge is 0.493 e. The number of hydrogen-bond acceptors (Lipinski definition) is 3. The van der Waals surface area contributed by atoms with E-state index in [0.717, 1.165) is 30.5 Å². The van der Waals surface area contributed by atoms with Crippen LogP contribution in [-0.4, -0.2) is 24.3 Å². The molecule has 0 aromatic heterocycles. The molecule has 1 atom stereocenters. The molecule has 0 radical (unpaired) electrons. The zero-order valence-corrected chi connectivity index (χ0v) is 10.4. The van der Waals surface area contributed by atoms with Crippen molar-refractivity contribution >= 4 is 0 Å². The van der Waals surface area contributed by atoms with Gasteiger partial charge in [-0.05, 0) is 30.5 Å². The fourth-order valence-corrected chi connectivity index (χ4v) is 1.64. The van der Waals surface area contributed by atoms with Gasteiger partial charge in [-0.2, -0.15) is 0 Å². The van der Waals surface area contributed by atoms with Gasteiger partial charge in [0.05, 0.1) is 13.2 Å². The van der Waals surface area contributed by atoms with Crippen molar-refractivity contribution < 1.29 is 9.84 Å². The molecule has 1 aliphatic carbocycles. The van der Waals surface area contributed by atoms with Gasteiger partial charge in [-0.25, -0.2) is 0 Å². The Morgan fingerprint density at radius 1 is 1.35 bits per heavy atom. The molecule has 0 amide bonds. The van der Waals surface area contributed by atoms with Gasteiger partial charge in [-0.15, -0.1) is 0 Å². The Morgan fingerprint density at radius 3 is 2.65 bits per heavy atom. The van der Waals surface area contributed by atoms with Crippen LogP contribution in [0.1, 0.15) is 25.3 Å². The summed E-state index contributed by atoms with van der Waals surface area (Å²) in [6, 6.07) is 8.37. The molecule has 1 aromatic rings. The number of hydrogen-bond donors (Lipinski definition) is 2. The molecular formula is C14H21NO2. The van der Waals surface area contributed by atoms with E-state index in [1.54, 1.807) is 0 Å². The topological polar surface area (TPSA) is 41.5 Å². The van der Waals surface area contributed by atoms with Gasteiger partial charge in [0.1, 0.15) is 5.75 Å². The highest BCUT2D eigenvalue weighted by molar-refractivity contribution is 5.26. The third-order valence-electron chi connectivity index (χ3n) is 2.97. The molecule has 1 saturated carbocycles. The Kier molecular flexibility index (Phi) is 4.40. The van der Waals surface area contributed by atoms with Gasteiger partial charge in [-0.3, -0.25) is 0 Å². The second-order valence-electron chi connectivity index (χ2n) is 4.90. The highest BCUT2D eigenvalue weighted by atomic mass is 16.5. The summed E-state index contributed by atoms with van der Waals surface area (Å²) in [7, 11) is 0. The first-order chi connectivity index (χ1) is 8.28. The molecule has 1 unspecified atom stereocenters. The summed E-state index contributed by atoms with van der Waals surface area (Å²) in [4.78, 5) is 0. The lowest BCUT2D eigenvalue weighted by Gasteiger charge is -2.13. The van der Waals surface area contributed by atoms with Crippen molar-refractivity contribution in [3.05, 3.63) is 29.8 Å².